The van der Waals surface area contributed by atoms with Gasteiger partial charge in [0.25, 0.3) is 6.43 Å². The number of rotatable bonds is 8. The van der Waals surface area contributed by atoms with Gasteiger partial charge in [-0.15, -0.1) is 0 Å². The molecule has 6 heteroatoms. The fourth-order valence-electron chi connectivity index (χ4n) is 1.07. The van der Waals surface area contributed by atoms with Crippen LogP contribution in [0.25, 0.3) is 0 Å². The van der Waals surface area contributed by atoms with Crippen LogP contribution in [0.15, 0.2) is 18.5 Å². The molecule has 0 amide bonds. The Morgan fingerprint density at radius 1 is 1.40 bits per heavy atom. The van der Waals surface area contributed by atoms with Gasteiger partial charge in [0, 0.05) is 25.5 Å². The van der Waals surface area contributed by atoms with Crippen molar-refractivity contribution in [2.24, 2.45) is 0 Å². The molecule has 1 aromatic heterocycles. The Morgan fingerprint density at radius 2 is 2.27 bits per heavy atom. The van der Waals surface area contributed by atoms with Gasteiger partial charge in [0.1, 0.15) is 6.61 Å². The van der Waals surface area contributed by atoms with Gasteiger partial charge in [0.05, 0.1) is 13.2 Å². The van der Waals surface area contributed by atoms with Crippen LogP contribution in [0.2, 0.25) is 0 Å². The highest BCUT2D eigenvalue weighted by atomic mass is 19.3. The molecule has 0 saturated heterocycles. The summed E-state index contributed by atoms with van der Waals surface area (Å²) in [6, 6.07) is 1.85. The van der Waals surface area contributed by atoms with Crippen LogP contribution in [0.4, 0.5) is 8.78 Å². The molecular formula is C9H15F2N3O. The number of halogens is 2. The fourth-order valence-corrected chi connectivity index (χ4v) is 1.07. The molecule has 0 saturated carbocycles. The Hall–Kier alpha value is -1.01. The van der Waals surface area contributed by atoms with E-state index in [4.69, 9.17) is 4.74 Å². The minimum atomic E-state index is -2.38. The molecule has 1 aromatic rings. The fraction of sp³-hybridized carbons (Fsp3) is 0.667. The van der Waals surface area contributed by atoms with E-state index in [1.165, 1.54) is 0 Å². The van der Waals surface area contributed by atoms with Gasteiger partial charge in [-0.05, 0) is 6.07 Å². The zero-order valence-corrected chi connectivity index (χ0v) is 8.40. The standard InChI is InChI=1S/C9H15F2N3O/c10-9(11)8-15-7-4-12-3-6-14-5-1-2-13-14/h1-2,5,9,12H,3-4,6-8H2. The molecule has 0 unspecified atom stereocenters. The van der Waals surface area contributed by atoms with Gasteiger partial charge >= 0.3 is 0 Å². The Balaban J connectivity index is 1.85. The van der Waals surface area contributed by atoms with Crippen LogP contribution in [0.1, 0.15) is 0 Å². The molecule has 4 nitrogen and oxygen atoms in total. The van der Waals surface area contributed by atoms with E-state index >= 15 is 0 Å². The van der Waals surface area contributed by atoms with E-state index in [1.54, 1.807) is 10.9 Å². The molecule has 1 heterocycles. The normalized spacial score (nSPS) is 11.1. The van der Waals surface area contributed by atoms with Gasteiger partial charge in [-0.2, -0.15) is 5.10 Å². The molecule has 0 aliphatic heterocycles. The Labute approximate surface area is 87.2 Å². The first kappa shape index (κ1) is 12.1. The first-order valence-electron chi connectivity index (χ1n) is 4.83. The van der Waals surface area contributed by atoms with Crippen molar-refractivity contribution in [1.29, 1.82) is 0 Å². The van der Waals surface area contributed by atoms with Gasteiger partial charge in [0.15, 0.2) is 0 Å². The maximum atomic E-state index is 11.6. The molecule has 15 heavy (non-hydrogen) atoms. The maximum absolute atomic E-state index is 11.6. The molecule has 0 aliphatic rings. The summed E-state index contributed by atoms with van der Waals surface area (Å²) in [6.45, 7) is 1.92. The molecule has 0 spiro atoms. The molecular weight excluding hydrogens is 204 g/mol. The largest absolute Gasteiger partial charge is 0.374 e. The minimum absolute atomic E-state index is 0.309. The van der Waals surface area contributed by atoms with Crippen LogP contribution in [0.3, 0.4) is 0 Å². The second-order valence-electron chi connectivity index (χ2n) is 2.99. The lowest BCUT2D eigenvalue weighted by Gasteiger charge is -2.05. The molecule has 0 atom stereocenters. The molecule has 0 fully saturated rings. The van der Waals surface area contributed by atoms with E-state index in [0.29, 0.717) is 13.2 Å². The predicted molar refractivity (Wildman–Crippen MR) is 51.9 cm³/mol. The van der Waals surface area contributed by atoms with Crippen molar-refractivity contribution < 1.29 is 13.5 Å². The SMILES string of the molecule is FC(F)COCCNCCn1cccn1. The highest BCUT2D eigenvalue weighted by Gasteiger charge is 2.00. The summed E-state index contributed by atoms with van der Waals surface area (Å²) < 4.78 is 29.8. The summed E-state index contributed by atoms with van der Waals surface area (Å²) in [6.07, 6.45) is 1.20. The topological polar surface area (TPSA) is 39.1 Å². The lowest BCUT2D eigenvalue weighted by molar-refractivity contribution is 0.0187. The summed E-state index contributed by atoms with van der Waals surface area (Å²) in [5.41, 5.74) is 0. The number of hydrogen-bond donors (Lipinski definition) is 1. The lowest BCUT2D eigenvalue weighted by atomic mass is 10.5. The third-order valence-electron chi connectivity index (χ3n) is 1.74. The van der Waals surface area contributed by atoms with Gasteiger partial charge in [-0.25, -0.2) is 8.78 Å². The van der Waals surface area contributed by atoms with Gasteiger partial charge < -0.3 is 10.1 Å². The van der Waals surface area contributed by atoms with Gasteiger partial charge in [-0.1, -0.05) is 0 Å². The van der Waals surface area contributed by atoms with Crippen molar-refractivity contribution in [1.82, 2.24) is 15.1 Å². The molecule has 0 bridgehead atoms. The van der Waals surface area contributed by atoms with Crippen LogP contribution in [-0.2, 0) is 11.3 Å². The molecule has 1 rings (SSSR count). The molecule has 0 aliphatic carbocycles. The summed E-state index contributed by atoms with van der Waals surface area (Å²) in [7, 11) is 0. The van der Waals surface area contributed by atoms with E-state index in [-0.39, 0.29) is 0 Å². The summed E-state index contributed by atoms with van der Waals surface area (Å²) in [4.78, 5) is 0. The van der Waals surface area contributed by atoms with Gasteiger partial charge in [-0.3, -0.25) is 4.68 Å². The lowest BCUT2D eigenvalue weighted by Crippen LogP contribution is -2.24. The number of ether oxygens (including phenoxy) is 1. The molecule has 0 aromatic carbocycles. The number of hydrogen-bond acceptors (Lipinski definition) is 3. The smallest absolute Gasteiger partial charge is 0.261 e. The Morgan fingerprint density at radius 3 is 2.93 bits per heavy atom. The molecule has 1 N–H and O–H groups in total. The average molecular weight is 219 g/mol. The number of aromatic nitrogens is 2. The van der Waals surface area contributed by atoms with Crippen molar-refractivity contribution >= 4 is 0 Å². The van der Waals surface area contributed by atoms with Crippen molar-refractivity contribution in [3.05, 3.63) is 18.5 Å². The average Bonchev–Trinajstić information content (AvgIpc) is 2.68. The van der Waals surface area contributed by atoms with Gasteiger partial charge in [0.2, 0.25) is 0 Å². The molecule has 0 radical (unpaired) electrons. The first-order chi connectivity index (χ1) is 7.29. The summed E-state index contributed by atoms with van der Waals surface area (Å²) in [5, 5.41) is 7.09. The van der Waals surface area contributed by atoms with Crippen LogP contribution in [0, 0.1) is 0 Å². The van der Waals surface area contributed by atoms with E-state index in [0.717, 1.165) is 13.1 Å². The molecule has 86 valence electrons. The number of nitrogens with zero attached hydrogens (tertiary/aromatic N) is 2. The second-order valence-corrected chi connectivity index (χ2v) is 2.99. The van der Waals surface area contributed by atoms with Crippen LogP contribution in [0.5, 0.6) is 0 Å². The van der Waals surface area contributed by atoms with Crippen molar-refractivity contribution in [3.8, 4) is 0 Å². The quantitative estimate of drug-likeness (QED) is 0.656. The zero-order valence-electron chi connectivity index (χ0n) is 8.40. The number of alkyl halides is 2. The number of nitrogens with one attached hydrogen (secondary N) is 1. The third kappa shape index (κ3) is 6.14. The van der Waals surface area contributed by atoms with Crippen LogP contribution >= 0.6 is 0 Å². The first-order valence-corrected chi connectivity index (χ1v) is 4.83. The van der Waals surface area contributed by atoms with Crippen molar-refractivity contribution in [2.45, 2.75) is 13.0 Å². The van der Waals surface area contributed by atoms with E-state index < -0.39 is 13.0 Å². The Bertz CT molecular complexity index is 242. The predicted octanol–water partition coefficient (Wildman–Crippen LogP) is 0.754. The highest BCUT2D eigenvalue weighted by Crippen LogP contribution is 1.91. The van der Waals surface area contributed by atoms with Crippen LogP contribution < -0.4 is 5.32 Å². The Kier molecular flexibility index (Phi) is 5.87. The summed E-state index contributed by atoms with van der Waals surface area (Å²) >= 11 is 0. The van der Waals surface area contributed by atoms with Crippen LogP contribution in [-0.4, -0.2) is 42.5 Å². The van der Waals surface area contributed by atoms with Crippen molar-refractivity contribution in [2.75, 3.05) is 26.3 Å². The third-order valence-corrected chi connectivity index (χ3v) is 1.74. The monoisotopic (exact) mass is 219 g/mol. The summed E-state index contributed by atoms with van der Waals surface area (Å²) in [5.74, 6) is 0. The van der Waals surface area contributed by atoms with E-state index in [9.17, 15) is 8.78 Å². The van der Waals surface area contributed by atoms with E-state index in [2.05, 4.69) is 10.4 Å². The highest BCUT2D eigenvalue weighted by molar-refractivity contribution is 4.77. The second kappa shape index (κ2) is 7.30. The van der Waals surface area contributed by atoms with E-state index in [1.807, 2.05) is 12.3 Å². The minimum Gasteiger partial charge on any atom is -0.374 e. The maximum Gasteiger partial charge on any atom is 0.261 e. The van der Waals surface area contributed by atoms with Crippen molar-refractivity contribution in [3.63, 3.8) is 0 Å². The zero-order chi connectivity index (χ0) is 10.9.